The van der Waals surface area contributed by atoms with E-state index in [-0.39, 0.29) is 17.7 Å². The van der Waals surface area contributed by atoms with Gasteiger partial charge in [-0.25, -0.2) is 4.79 Å². The summed E-state index contributed by atoms with van der Waals surface area (Å²) in [6.07, 6.45) is 3.78. The van der Waals surface area contributed by atoms with Gasteiger partial charge in [-0.3, -0.25) is 0 Å². The van der Waals surface area contributed by atoms with E-state index in [9.17, 15) is 4.79 Å². The quantitative estimate of drug-likeness (QED) is 0.874. The number of carbonyl (C=O) groups is 1. The van der Waals surface area contributed by atoms with Crippen molar-refractivity contribution in [2.24, 2.45) is 0 Å². The smallest absolute Gasteiger partial charge is 0.315 e. The number of rotatable bonds is 5. The Balaban J connectivity index is 1.79. The molecule has 0 bridgehead atoms. The van der Waals surface area contributed by atoms with Crippen LogP contribution in [0.2, 0.25) is 0 Å². The zero-order valence-corrected chi connectivity index (χ0v) is 13.0. The molecule has 0 radical (unpaired) electrons. The van der Waals surface area contributed by atoms with Crippen LogP contribution in [0.4, 0.5) is 4.79 Å². The highest BCUT2D eigenvalue weighted by Gasteiger charge is 2.34. The molecule has 21 heavy (non-hydrogen) atoms. The van der Waals surface area contributed by atoms with Gasteiger partial charge in [0.1, 0.15) is 0 Å². The van der Waals surface area contributed by atoms with Gasteiger partial charge in [-0.1, -0.05) is 44.2 Å². The molecule has 1 unspecified atom stereocenters. The normalized spacial score (nSPS) is 20.8. The molecule has 116 valence electrons. The zero-order valence-electron chi connectivity index (χ0n) is 13.0. The minimum Gasteiger partial charge on any atom is -0.375 e. The van der Waals surface area contributed by atoms with Crippen LogP contribution in [0.5, 0.6) is 0 Å². The maximum Gasteiger partial charge on any atom is 0.315 e. The third-order valence-corrected chi connectivity index (χ3v) is 4.41. The average molecular weight is 290 g/mol. The predicted molar refractivity (Wildman–Crippen MR) is 84.1 cm³/mol. The number of urea groups is 1. The fourth-order valence-corrected chi connectivity index (χ4v) is 2.91. The minimum absolute atomic E-state index is 0.0599. The molecule has 1 aliphatic rings. The third kappa shape index (κ3) is 4.46. The van der Waals surface area contributed by atoms with Gasteiger partial charge in [0, 0.05) is 19.2 Å². The summed E-state index contributed by atoms with van der Waals surface area (Å²) < 4.78 is 5.93. The molecule has 1 atom stereocenters. The van der Waals surface area contributed by atoms with Crippen LogP contribution in [0.3, 0.4) is 0 Å². The van der Waals surface area contributed by atoms with Gasteiger partial charge in [0.25, 0.3) is 0 Å². The number of amides is 2. The Bertz CT molecular complexity index is 443. The first-order chi connectivity index (χ1) is 10.2. The predicted octanol–water partition coefficient (Wildman–Crippen LogP) is 3.22. The van der Waals surface area contributed by atoms with Crippen molar-refractivity contribution < 1.29 is 9.53 Å². The molecule has 0 spiro atoms. The molecule has 1 aliphatic heterocycles. The fourth-order valence-electron chi connectivity index (χ4n) is 2.91. The summed E-state index contributed by atoms with van der Waals surface area (Å²) in [5.74, 6) is 0. The molecule has 1 heterocycles. The number of nitrogens with one attached hydrogen (secondary N) is 2. The molecule has 0 aromatic heterocycles. The molecule has 4 heteroatoms. The van der Waals surface area contributed by atoms with E-state index in [0.717, 1.165) is 37.9 Å². The Morgan fingerprint density at radius 2 is 2.00 bits per heavy atom. The summed E-state index contributed by atoms with van der Waals surface area (Å²) in [7, 11) is 0. The molecule has 2 rings (SSSR count). The van der Waals surface area contributed by atoms with Crippen molar-refractivity contribution in [3.63, 3.8) is 0 Å². The van der Waals surface area contributed by atoms with Crippen molar-refractivity contribution >= 4 is 6.03 Å². The van der Waals surface area contributed by atoms with E-state index in [4.69, 9.17) is 4.74 Å². The van der Waals surface area contributed by atoms with Crippen LogP contribution in [0.1, 0.15) is 45.1 Å². The molecule has 1 saturated heterocycles. The molecular weight excluding hydrogens is 264 g/mol. The highest BCUT2D eigenvalue weighted by Crippen LogP contribution is 2.31. The molecule has 1 fully saturated rings. The second-order valence-corrected chi connectivity index (χ2v) is 5.74. The average Bonchev–Trinajstić information content (AvgIpc) is 2.54. The molecule has 2 amide bonds. The zero-order chi connectivity index (χ0) is 15.1. The van der Waals surface area contributed by atoms with Gasteiger partial charge in [0.05, 0.1) is 5.60 Å². The van der Waals surface area contributed by atoms with E-state index in [0.29, 0.717) is 6.54 Å². The summed E-state index contributed by atoms with van der Waals surface area (Å²) in [6, 6.07) is 10.1. The molecule has 0 saturated carbocycles. The van der Waals surface area contributed by atoms with Gasteiger partial charge < -0.3 is 15.4 Å². The monoisotopic (exact) mass is 290 g/mol. The maximum atomic E-state index is 12.0. The van der Waals surface area contributed by atoms with E-state index in [2.05, 4.69) is 24.5 Å². The number of ether oxygens (including phenoxy) is 1. The number of benzene rings is 1. The van der Waals surface area contributed by atoms with E-state index < -0.39 is 0 Å². The van der Waals surface area contributed by atoms with Crippen LogP contribution in [0.25, 0.3) is 0 Å². The SMILES string of the molecule is CCC1(CC)CC(NC(=O)NCc2ccccc2)CCO1. The van der Waals surface area contributed by atoms with Gasteiger partial charge in [0.2, 0.25) is 0 Å². The number of hydrogen-bond donors (Lipinski definition) is 2. The van der Waals surface area contributed by atoms with E-state index >= 15 is 0 Å². The minimum atomic E-state index is -0.0909. The molecular formula is C17H26N2O2. The molecule has 1 aromatic carbocycles. The van der Waals surface area contributed by atoms with Gasteiger partial charge in [-0.15, -0.1) is 0 Å². The Morgan fingerprint density at radius 3 is 2.67 bits per heavy atom. The van der Waals surface area contributed by atoms with Gasteiger partial charge in [-0.2, -0.15) is 0 Å². The van der Waals surface area contributed by atoms with E-state index in [1.54, 1.807) is 0 Å². The Labute approximate surface area is 127 Å². The van der Waals surface area contributed by atoms with Crippen LogP contribution in [0, 0.1) is 0 Å². The van der Waals surface area contributed by atoms with Crippen molar-refractivity contribution in [2.45, 2.75) is 57.7 Å². The van der Waals surface area contributed by atoms with Gasteiger partial charge in [0.15, 0.2) is 0 Å². The van der Waals surface area contributed by atoms with Crippen LogP contribution in [-0.4, -0.2) is 24.3 Å². The lowest BCUT2D eigenvalue weighted by atomic mass is 9.86. The molecule has 1 aromatic rings. The summed E-state index contributed by atoms with van der Waals surface area (Å²) in [5.41, 5.74) is 1.05. The summed E-state index contributed by atoms with van der Waals surface area (Å²) in [4.78, 5) is 12.0. The highest BCUT2D eigenvalue weighted by atomic mass is 16.5. The summed E-state index contributed by atoms with van der Waals surface area (Å²) in [6.45, 7) is 5.59. The third-order valence-electron chi connectivity index (χ3n) is 4.41. The summed E-state index contributed by atoms with van der Waals surface area (Å²) in [5, 5.41) is 6.00. The van der Waals surface area contributed by atoms with Gasteiger partial charge in [-0.05, 0) is 31.2 Å². The van der Waals surface area contributed by atoms with Crippen LogP contribution >= 0.6 is 0 Å². The molecule has 4 nitrogen and oxygen atoms in total. The highest BCUT2D eigenvalue weighted by molar-refractivity contribution is 5.74. The second kappa shape index (κ2) is 7.46. The molecule has 2 N–H and O–H groups in total. The first kappa shape index (κ1) is 15.8. The topological polar surface area (TPSA) is 50.4 Å². The van der Waals surface area contributed by atoms with Crippen LogP contribution in [-0.2, 0) is 11.3 Å². The summed E-state index contributed by atoms with van der Waals surface area (Å²) >= 11 is 0. The first-order valence-corrected chi connectivity index (χ1v) is 7.89. The second-order valence-electron chi connectivity index (χ2n) is 5.74. The standard InChI is InChI=1S/C17H26N2O2/c1-3-17(4-2)12-15(10-11-21-17)19-16(20)18-13-14-8-6-5-7-9-14/h5-9,15H,3-4,10-13H2,1-2H3,(H2,18,19,20). The number of carbonyl (C=O) groups excluding carboxylic acids is 1. The Morgan fingerprint density at radius 1 is 1.29 bits per heavy atom. The fraction of sp³-hybridized carbons (Fsp3) is 0.588. The van der Waals surface area contributed by atoms with Crippen molar-refractivity contribution in [2.75, 3.05) is 6.61 Å². The largest absolute Gasteiger partial charge is 0.375 e. The van der Waals surface area contributed by atoms with Crippen molar-refractivity contribution in [3.8, 4) is 0 Å². The lowest BCUT2D eigenvalue weighted by Crippen LogP contribution is -2.50. The van der Waals surface area contributed by atoms with Crippen molar-refractivity contribution in [3.05, 3.63) is 35.9 Å². The van der Waals surface area contributed by atoms with Crippen molar-refractivity contribution in [1.29, 1.82) is 0 Å². The van der Waals surface area contributed by atoms with Crippen LogP contribution < -0.4 is 10.6 Å². The van der Waals surface area contributed by atoms with E-state index in [1.165, 1.54) is 0 Å². The molecule has 0 aliphatic carbocycles. The Kier molecular flexibility index (Phi) is 5.62. The van der Waals surface area contributed by atoms with Crippen LogP contribution in [0.15, 0.2) is 30.3 Å². The van der Waals surface area contributed by atoms with Gasteiger partial charge >= 0.3 is 6.03 Å². The lowest BCUT2D eigenvalue weighted by Gasteiger charge is -2.40. The maximum absolute atomic E-state index is 12.0. The van der Waals surface area contributed by atoms with E-state index in [1.807, 2.05) is 30.3 Å². The Hall–Kier alpha value is -1.55. The number of hydrogen-bond acceptors (Lipinski definition) is 2. The lowest BCUT2D eigenvalue weighted by molar-refractivity contribution is -0.0915. The first-order valence-electron chi connectivity index (χ1n) is 7.89. The van der Waals surface area contributed by atoms with Crippen molar-refractivity contribution in [1.82, 2.24) is 10.6 Å².